The molecule has 0 aromatic heterocycles. The number of carbonyl (C=O) groups is 1. The van der Waals surface area contributed by atoms with E-state index < -0.39 is 0 Å². The van der Waals surface area contributed by atoms with Crippen molar-refractivity contribution in [3.8, 4) is 0 Å². The smallest absolute Gasteiger partial charge is 0.225 e. The summed E-state index contributed by atoms with van der Waals surface area (Å²) >= 11 is 0. The molecule has 0 bridgehead atoms. The van der Waals surface area contributed by atoms with Gasteiger partial charge in [-0.05, 0) is 58.7 Å². The van der Waals surface area contributed by atoms with Gasteiger partial charge in [-0.1, -0.05) is 19.3 Å². The first-order valence-corrected chi connectivity index (χ1v) is 12.5. The van der Waals surface area contributed by atoms with E-state index in [0.29, 0.717) is 11.8 Å². The molecule has 0 aromatic rings. The fourth-order valence-corrected chi connectivity index (χ4v) is 4.62. The summed E-state index contributed by atoms with van der Waals surface area (Å²) in [5, 5.41) is 6.86. The Hall–Kier alpha value is -0.610. The molecule has 0 unspecified atom stereocenters. The molecule has 1 aliphatic carbocycles. The zero-order valence-electron chi connectivity index (χ0n) is 19.6. The minimum Gasteiger partial charge on any atom is -0.357 e. The van der Waals surface area contributed by atoms with Crippen LogP contribution in [0.15, 0.2) is 4.99 Å². The maximum Gasteiger partial charge on any atom is 0.225 e. The lowest BCUT2D eigenvalue weighted by molar-refractivity contribution is -0.139. The number of rotatable bonds is 9. The van der Waals surface area contributed by atoms with Crippen LogP contribution in [0.3, 0.4) is 0 Å². The number of piperazine rings is 1. The molecule has 3 fully saturated rings. The molecule has 31 heavy (non-hydrogen) atoms. The van der Waals surface area contributed by atoms with Gasteiger partial charge in [0.05, 0.1) is 0 Å². The lowest BCUT2D eigenvalue weighted by atomic mass is 9.84. The Bertz CT molecular complexity index is 526. The van der Waals surface area contributed by atoms with Crippen molar-refractivity contribution in [2.75, 3.05) is 72.0 Å². The van der Waals surface area contributed by atoms with E-state index in [4.69, 9.17) is 4.99 Å². The van der Waals surface area contributed by atoms with E-state index in [-0.39, 0.29) is 24.0 Å². The van der Waals surface area contributed by atoms with Crippen molar-refractivity contribution >= 4 is 35.8 Å². The molecule has 8 heteroatoms. The van der Waals surface area contributed by atoms with Gasteiger partial charge in [0.15, 0.2) is 5.96 Å². The summed E-state index contributed by atoms with van der Waals surface area (Å²) in [7, 11) is 0. The van der Waals surface area contributed by atoms with Gasteiger partial charge in [0, 0.05) is 58.3 Å². The molecular weight excluding hydrogens is 503 g/mol. The second-order valence-electron chi connectivity index (χ2n) is 9.09. The largest absolute Gasteiger partial charge is 0.357 e. The van der Waals surface area contributed by atoms with Gasteiger partial charge in [0.2, 0.25) is 5.91 Å². The Morgan fingerprint density at radius 3 is 2.16 bits per heavy atom. The van der Waals surface area contributed by atoms with Gasteiger partial charge in [0.25, 0.3) is 0 Å². The highest BCUT2D eigenvalue weighted by Crippen LogP contribution is 2.28. The standard InChI is InChI=1S/C23H44N6O.HI/c1-2-24-23(25-11-8-15-27-13-5-3-4-6-14-27)26-12-16-28-17-19-29(20-18-28)22(30)21-9-7-10-21;/h21H,2-20H2,1H3,(H2,24,25,26);1H. The topological polar surface area (TPSA) is 63.2 Å². The number of guanidine groups is 1. The van der Waals surface area contributed by atoms with Crippen LogP contribution in [-0.4, -0.2) is 98.6 Å². The lowest BCUT2D eigenvalue weighted by Crippen LogP contribution is -2.52. The molecule has 3 rings (SSSR count). The predicted octanol–water partition coefficient (Wildman–Crippen LogP) is 2.37. The summed E-state index contributed by atoms with van der Waals surface area (Å²) in [6.07, 6.45) is 10.1. The van der Waals surface area contributed by atoms with Crippen molar-refractivity contribution in [3.05, 3.63) is 0 Å². The average Bonchev–Trinajstić information content (AvgIpc) is 2.99. The molecule has 0 atom stereocenters. The number of nitrogens with zero attached hydrogens (tertiary/aromatic N) is 4. The summed E-state index contributed by atoms with van der Waals surface area (Å²) in [4.78, 5) is 24.3. The minimum atomic E-state index is 0. The van der Waals surface area contributed by atoms with E-state index >= 15 is 0 Å². The second kappa shape index (κ2) is 15.3. The monoisotopic (exact) mass is 548 g/mol. The van der Waals surface area contributed by atoms with Crippen LogP contribution in [0.5, 0.6) is 0 Å². The van der Waals surface area contributed by atoms with Crippen molar-refractivity contribution in [1.82, 2.24) is 25.3 Å². The highest BCUT2D eigenvalue weighted by molar-refractivity contribution is 14.0. The number of hydrogen-bond acceptors (Lipinski definition) is 4. The SMILES string of the molecule is CCNC(=NCCCN1CCCCCC1)NCCN1CCN(C(=O)C2CCC2)CC1.I. The van der Waals surface area contributed by atoms with Gasteiger partial charge < -0.3 is 20.4 Å². The molecule has 2 N–H and O–H groups in total. The third-order valence-corrected chi connectivity index (χ3v) is 6.80. The van der Waals surface area contributed by atoms with Crippen LogP contribution in [0.25, 0.3) is 0 Å². The minimum absolute atomic E-state index is 0. The van der Waals surface area contributed by atoms with Crippen LogP contribution in [0.4, 0.5) is 0 Å². The Kier molecular flexibility index (Phi) is 13.1. The van der Waals surface area contributed by atoms with E-state index in [9.17, 15) is 4.79 Å². The van der Waals surface area contributed by atoms with E-state index in [0.717, 1.165) is 77.6 Å². The summed E-state index contributed by atoms with van der Waals surface area (Å²) in [5.74, 6) is 1.67. The van der Waals surface area contributed by atoms with Crippen molar-refractivity contribution in [2.45, 2.75) is 58.3 Å². The van der Waals surface area contributed by atoms with Crippen LogP contribution in [0, 0.1) is 5.92 Å². The van der Waals surface area contributed by atoms with E-state index in [1.807, 2.05) is 0 Å². The third kappa shape index (κ3) is 9.42. The number of likely N-dealkylation sites (tertiary alicyclic amines) is 1. The molecule has 3 aliphatic rings. The maximum atomic E-state index is 12.4. The lowest BCUT2D eigenvalue weighted by Gasteiger charge is -2.38. The van der Waals surface area contributed by atoms with Gasteiger partial charge in [-0.3, -0.25) is 14.7 Å². The van der Waals surface area contributed by atoms with E-state index in [1.165, 1.54) is 51.7 Å². The summed E-state index contributed by atoms with van der Waals surface area (Å²) in [6.45, 7) is 13.3. The fraction of sp³-hybridized carbons (Fsp3) is 0.913. The van der Waals surface area contributed by atoms with Gasteiger partial charge in [-0.2, -0.15) is 0 Å². The first-order valence-electron chi connectivity index (χ1n) is 12.5. The van der Waals surface area contributed by atoms with Crippen molar-refractivity contribution in [1.29, 1.82) is 0 Å². The first-order chi connectivity index (χ1) is 14.8. The molecule has 1 amide bonds. The molecule has 2 saturated heterocycles. The van der Waals surface area contributed by atoms with Crippen LogP contribution >= 0.6 is 24.0 Å². The highest BCUT2D eigenvalue weighted by Gasteiger charge is 2.30. The van der Waals surface area contributed by atoms with Crippen molar-refractivity contribution in [2.24, 2.45) is 10.9 Å². The zero-order chi connectivity index (χ0) is 21.0. The summed E-state index contributed by atoms with van der Waals surface area (Å²) in [5.41, 5.74) is 0. The molecule has 2 aliphatic heterocycles. The van der Waals surface area contributed by atoms with Crippen molar-refractivity contribution < 1.29 is 4.79 Å². The average molecular weight is 549 g/mol. The molecule has 0 aromatic carbocycles. The molecular formula is C23H45IN6O. The first kappa shape index (κ1) is 26.6. The number of carbonyl (C=O) groups excluding carboxylic acids is 1. The molecule has 7 nitrogen and oxygen atoms in total. The molecule has 180 valence electrons. The third-order valence-electron chi connectivity index (χ3n) is 6.80. The molecule has 2 heterocycles. The second-order valence-corrected chi connectivity index (χ2v) is 9.09. The number of amides is 1. The number of nitrogens with one attached hydrogen (secondary N) is 2. The molecule has 0 radical (unpaired) electrons. The van der Waals surface area contributed by atoms with Crippen molar-refractivity contribution in [3.63, 3.8) is 0 Å². The Morgan fingerprint density at radius 2 is 1.55 bits per heavy atom. The van der Waals surface area contributed by atoms with Gasteiger partial charge in [0.1, 0.15) is 0 Å². The summed E-state index contributed by atoms with van der Waals surface area (Å²) < 4.78 is 0. The van der Waals surface area contributed by atoms with Crippen LogP contribution in [-0.2, 0) is 4.79 Å². The molecule has 0 spiro atoms. The van der Waals surface area contributed by atoms with Gasteiger partial charge in [-0.15, -0.1) is 24.0 Å². The predicted molar refractivity (Wildman–Crippen MR) is 139 cm³/mol. The number of hydrogen-bond donors (Lipinski definition) is 2. The van der Waals surface area contributed by atoms with E-state index in [1.54, 1.807) is 0 Å². The quantitative estimate of drug-likeness (QED) is 0.201. The number of halogens is 1. The Balaban J connectivity index is 0.00000341. The Labute approximate surface area is 206 Å². The van der Waals surface area contributed by atoms with E-state index in [2.05, 4.69) is 32.3 Å². The molecule has 1 saturated carbocycles. The maximum absolute atomic E-state index is 12.4. The van der Waals surface area contributed by atoms with Gasteiger partial charge in [-0.25, -0.2) is 0 Å². The summed E-state index contributed by atoms with van der Waals surface area (Å²) in [6, 6.07) is 0. The number of aliphatic imine (C=N–C) groups is 1. The van der Waals surface area contributed by atoms with Gasteiger partial charge >= 0.3 is 0 Å². The van der Waals surface area contributed by atoms with Crippen LogP contribution in [0.2, 0.25) is 0 Å². The van der Waals surface area contributed by atoms with Crippen LogP contribution < -0.4 is 10.6 Å². The van der Waals surface area contributed by atoms with Crippen LogP contribution in [0.1, 0.15) is 58.3 Å². The Morgan fingerprint density at radius 1 is 0.871 bits per heavy atom. The normalized spacial score (nSPS) is 21.7. The zero-order valence-corrected chi connectivity index (χ0v) is 21.9. The fourth-order valence-electron chi connectivity index (χ4n) is 4.62. The highest BCUT2D eigenvalue weighted by atomic mass is 127.